The zero-order valence-electron chi connectivity index (χ0n) is 16.3. The number of aliphatic imine (C=N–C) groups is 1. The minimum atomic E-state index is -0.582. The first kappa shape index (κ1) is 18.0. The number of methoxy groups -OCH3 is 1. The summed E-state index contributed by atoms with van der Waals surface area (Å²) in [6.07, 6.45) is 5.16. The van der Waals surface area contributed by atoms with Crippen molar-refractivity contribution in [2.75, 3.05) is 20.7 Å². The molecule has 2 aromatic carbocycles. The molecule has 0 radical (unpaired) electrons. The molecule has 3 aromatic rings. The van der Waals surface area contributed by atoms with Gasteiger partial charge in [-0.25, -0.2) is 15.0 Å². The van der Waals surface area contributed by atoms with Crippen LogP contribution in [0.15, 0.2) is 66.2 Å². The largest absolute Gasteiger partial charge is 0.496 e. The number of benzene rings is 2. The maximum Gasteiger partial charge on any atom is 0.192 e. The van der Waals surface area contributed by atoms with Crippen molar-refractivity contribution in [2.24, 2.45) is 10.7 Å². The van der Waals surface area contributed by atoms with Crippen molar-refractivity contribution in [1.29, 1.82) is 0 Å². The predicted octanol–water partition coefficient (Wildman–Crippen LogP) is 2.96. The maximum atomic E-state index is 6.20. The van der Waals surface area contributed by atoms with Crippen LogP contribution in [-0.4, -0.2) is 41.5 Å². The number of hydrogen-bond acceptors (Lipinski definition) is 6. The van der Waals surface area contributed by atoms with Crippen LogP contribution in [0.4, 0.5) is 0 Å². The summed E-state index contributed by atoms with van der Waals surface area (Å²) >= 11 is 0. The first-order chi connectivity index (χ1) is 13.5. The summed E-state index contributed by atoms with van der Waals surface area (Å²) in [5.41, 5.74) is 10.9. The van der Waals surface area contributed by atoms with E-state index in [9.17, 15) is 0 Å². The summed E-state index contributed by atoms with van der Waals surface area (Å²) in [5, 5.41) is 0. The lowest BCUT2D eigenvalue weighted by Crippen LogP contribution is -2.34. The highest BCUT2D eigenvalue weighted by Gasteiger charge is 2.41. The number of nitrogens with zero attached hydrogens (tertiary/aromatic N) is 4. The fraction of sp³-hybridized carbons (Fsp3) is 0.227. The van der Waals surface area contributed by atoms with Crippen LogP contribution in [0.25, 0.3) is 11.1 Å². The van der Waals surface area contributed by atoms with E-state index in [2.05, 4.69) is 40.3 Å². The Kier molecular flexibility index (Phi) is 4.47. The summed E-state index contributed by atoms with van der Waals surface area (Å²) in [6.45, 7) is 2.71. The molecule has 0 saturated heterocycles. The van der Waals surface area contributed by atoms with Crippen molar-refractivity contribution >= 4 is 5.96 Å². The van der Waals surface area contributed by atoms with Crippen LogP contribution in [0.1, 0.15) is 16.7 Å². The highest BCUT2D eigenvalue weighted by Crippen LogP contribution is 2.40. The SMILES string of the molecule is COc1ccc([C@@]2(c3cccc(-c4cncnc4)c3)CN(C)C(N)=N2)cc1C. The van der Waals surface area contributed by atoms with Gasteiger partial charge in [-0.1, -0.05) is 24.3 Å². The monoisotopic (exact) mass is 373 g/mol. The van der Waals surface area contributed by atoms with Gasteiger partial charge in [0.1, 0.15) is 17.6 Å². The normalized spacial score (nSPS) is 18.8. The fourth-order valence-corrected chi connectivity index (χ4v) is 3.76. The molecule has 0 bridgehead atoms. The molecule has 1 aliphatic rings. The zero-order valence-corrected chi connectivity index (χ0v) is 16.3. The number of hydrogen-bond donors (Lipinski definition) is 1. The Labute approximate surface area is 164 Å². The second-order valence-electron chi connectivity index (χ2n) is 7.08. The van der Waals surface area contributed by atoms with E-state index in [0.717, 1.165) is 33.6 Å². The quantitative estimate of drug-likeness (QED) is 0.761. The summed E-state index contributed by atoms with van der Waals surface area (Å²) in [6, 6.07) is 14.5. The van der Waals surface area contributed by atoms with E-state index < -0.39 is 5.54 Å². The number of rotatable bonds is 4. The molecule has 28 heavy (non-hydrogen) atoms. The lowest BCUT2D eigenvalue weighted by Gasteiger charge is -2.29. The molecule has 6 heteroatoms. The van der Waals surface area contributed by atoms with Crippen LogP contribution in [0.2, 0.25) is 0 Å². The van der Waals surface area contributed by atoms with Crippen molar-refractivity contribution in [3.8, 4) is 16.9 Å². The molecule has 1 aromatic heterocycles. The van der Waals surface area contributed by atoms with Gasteiger partial charge in [0.2, 0.25) is 0 Å². The number of aryl methyl sites for hydroxylation is 1. The van der Waals surface area contributed by atoms with Gasteiger partial charge in [-0.05, 0) is 47.4 Å². The smallest absolute Gasteiger partial charge is 0.192 e. The number of likely N-dealkylation sites (N-methyl/N-ethyl adjacent to an activating group) is 1. The summed E-state index contributed by atoms with van der Waals surface area (Å²) < 4.78 is 5.44. The number of ether oxygens (including phenoxy) is 1. The summed E-state index contributed by atoms with van der Waals surface area (Å²) in [4.78, 5) is 15.2. The number of nitrogens with two attached hydrogens (primary N) is 1. The molecule has 0 aliphatic carbocycles. The molecular formula is C22H23N5O. The zero-order chi connectivity index (χ0) is 19.7. The van der Waals surface area contributed by atoms with E-state index in [1.807, 2.05) is 43.4 Å². The Morgan fingerprint density at radius 1 is 1.04 bits per heavy atom. The molecule has 1 atom stereocenters. The van der Waals surface area contributed by atoms with Gasteiger partial charge < -0.3 is 15.4 Å². The van der Waals surface area contributed by atoms with Crippen LogP contribution in [-0.2, 0) is 5.54 Å². The van der Waals surface area contributed by atoms with Crippen LogP contribution < -0.4 is 10.5 Å². The van der Waals surface area contributed by atoms with Gasteiger partial charge in [0.15, 0.2) is 5.96 Å². The third kappa shape index (κ3) is 2.97. The van der Waals surface area contributed by atoms with Crippen molar-refractivity contribution in [1.82, 2.24) is 14.9 Å². The minimum Gasteiger partial charge on any atom is -0.496 e. The van der Waals surface area contributed by atoms with Gasteiger partial charge in [0.05, 0.1) is 13.7 Å². The van der Waals surface area contributed by atoms with Gasteiger partial charge in [-0.3, -0.25) is 0 Å². The van der Waals surface area contributed by atoms with Gasteiger partial charge >= 0.3 is 0 Å². The van der Waals surface area contributed by atoms with E-state index in [1.54, 1.807) is 7.11 Å². The topological polar surface area (TPSA) is 76.6 Å². The lowest BCUT2D eigenvalue weighted by molar-refractivity contribution is 0.409. The van der Waals surface area contributed by atoms with Gasteiger partial charge in [0.25, 0.3) is 0 Å². The molecule has 0 amide bonds. The first-order valence-corrected chi connectivity index (χ1v) is 9.11. The van der Waals surface area contributed by atoms with E-state index in [-0.39, 0.29) is 0 Å². The molecule has 2 N–H and O–H groups in total. The number of guanidine groups is 1. The third-order valence-electron chi connectivity index (χ3n) is 5.27. The molecule has 2 heterocycles. The van der Waals surface area contributed by atoms with Crippen LogP contribution >= 0.6 is 0 Å². The predicted molar refractivity (Wildman–Crippen MR) is 110 cm³/mol. The second-order valence-corrected chi connectivity index (χ2v) is 7.08. The maximum absolute atomic E-state index is 6.20. The highest BCUT2D eigenvalue weighted by atomic mass is 16.5. The third-order valence-corrected chi connectivity index (χ3v) is 5.27. The van der Waals surface area contributed by atoms with E-state index in [0.29, 0.717) is 12.5 Å². The molecule has 1 aliphatic heterocycles. The Balaban J connectivity index is 1.88. The molecule has 0 saturated carbocycles. The number of aromatic nitrogens is 2. The molecule has 0 spiro atoms. The van der Waals surface area contributed by atoms with Gasteiger partial charge in [-0.15, -0.1) is 0 Å². The van der Waals surface area contributed by atoms with Gasteiger partial charge in [0, 0.05) is 25.0 Å². The highest BCUT2D eigenvalue weighted by molar-refractivity contribution is 5.82. The molecular weight excluding hydrogens is 350 g/mol. The second kappa shape index (κ2) is 6.96. The summed E-state index contributed by atoms with van der Waals surface area (Å²) in [7, 11) is 3.65. The lowest BCUT2D eigenvalue weighted by atomic mass is 9.82. The Morgan fingerprint density at radius 3 is 2.43 bits per heavy atom. The van der Waals surface area contributed by atoms with Crippen molar-refractivity contribution in [2.45, 2.75) is 12.5 Å². The van der Waals surface area contributed by atoms with E-state index in [1.165, 1.54) is 6.33 Å². The van der Waals surface area contributed by atoms with E-state index in [4.69, 9.17) is 15.5 Å². The average molecular weight is 373 g/mol. The van der Waals surface area contributed by atoms with Crippen molar-refractivity contribution < 1.29 is 4.74 Å². The Hall–Kier alpha value is -3.41. The first-order valence-electron chi connectivity index (χ1n) is 9.11. The fourth-order valence-electron chi connectivity index (χ4n) is 3.76. The molecule has 4 rings (SSSR count). The summed E-state index contributed by atoms with van der Waals surface area (Å²) in [5.74, 6) is 1.39. The molecule has 6 nitrogen and oxygen atoms in total. The Bertz CT molecular complexity index is 1030. The van der Waals surface area contributed by atoms with Gasteiger partial charge in [-0.2, -0.15) is 0 Å². The standard InChI is InChI=1S/C22H23N5O/c1-15-9-19(7-8-20(15)28-3)22(13-27(2)21(23)26-22)18-6-4-5-16(10-18)17-11-24-14-25-12-17/h4-12,14H,13H2,1-3H3,(H2,23,26)/t22-/m0/s1. The molecule has 142 valence electrons. The average Bonchev–Trinajstić information content (AvgIpc) is 3.04. The molecule has 0 unspecified atom stereocenters. The van der Waals surface area contributed by atoms with Crippen LogP contribution in [0.5, 0.6) is 5.75 Å². The minimum absolute atomic E-state index is 0.530. The van der Waals surface area contributed by atoms with Crippen LogP contribution in [0.3, 0.4) is 0 Å². The van der Waals surface area contributed by atoms with E-state index >= 15 is 0 Å². The Morgan fingerprint density at radius 2 is 1.79 bits per heavy atom. The van der Waals surface area contributed by atoms with Crippen molar-refractivity contribution in [3.05, 3.63) is 77.9 Å². The van der Waals surface area contributed by atoms with Crippen molar-refractivity contribution in [3.63, 3.8) is 0 Å². The molecule has 0 fully saturated rings. The van der Waals surface area contributed by atoms with Crippen LogP contribution in [0, 0.1) is 6.92 Å².